The molecular weight excluding hydrogens is 368 g/mol. The van der Waals surface area contributed by atoms with Crippen molar-refractivity contribution in [3.8, 4) is 5.75 Å². The van der Waals surface area contributed by atoms with Gasteiger partial charge in [0.15, 0.2) is 0 Å². The minimum atomic E-state index is -0.461. The molecule has 0 aliphatic carbocycles. The molecule has 0 radical (unpaired) electrons. The summed E-state index contributed by atoms with van der Waals surface area (Å²) < 4.78 is 19.6. The molecule has 0 fully saturated rings. The van der Waals surface area contributed by atoms with E-state index in [4.69, 9.17) is 27.9 Å². The fourth-order valence-corrected chi connectivity index (χ4v) is 2.45. The van der Waals surface area contributed by atoms with Gasteiger partial charge in [-0.15, -0.1) is 0 Å². The highest BCUT2D eigenvalue weighted by Crippen LogP contribution is 2.31. The molecule has 106 valence electrons. The van der Waals surface area contributed by atoms with Crippen molar-refractivity contribution in [2.24, 2.45) is 0 Å². The Morgan fingerprint density at radius 1 is 1.10 bits per heavy atom. The third-order valence-corrected chi connectivity index (χ3v) is 3.62. The largest absolute Gasteiger partial charge is 0.492 e. The minimum absolute atomic E-state index is 0.249. The number of benzene rings is 2. The molecule has 0 atom stereocenters. The lowest BCUT2D eigenvalue weighted by molar-refractivity contribution is 0.333. The lowest BCUT2D eigenvalue weighted by Gasteiger charge is -2.11. The summed E-state index contributed by atoms with van der Waals surface area (Å²) in [6.45, 7) is 0.937. The lowest BCUT2D eigenvalue weighted by Crippen LogP contribution is -2.12. The molecule has 0 amide bonds. The van der Waals surface area contributed by atoms with Crippen LogP contribution in [0.5, 0.6) is 5.75 Å². The van der Waals surface area contributed by atoms with Crippen LogP contribution in [0.2, 0.25) is 10.0 Å². The van der Waals surface area contributed by atoms with Crippen LogP contribution in [0.1, 0.15) is 0 Å². The van der Waals surface area contributed by atoms with Gasteiger partial charge in [0, 0.05) is 11.0 Å². The van der Waals surface area contributed by atoms with E-state index in [1.165, 1.54) is 12.1 Å². The predicted octanol–water partition coefficient (Wildman–Crippen LogP) is 5.39. The number of hydrogen-bond donors (Lipinski definition) is 1. The molecule has 0 saturated heterocycles. The molecule has 20 heavy (non-hydrogen) atoms. The van der Waals surface area contributed by atoms with Crippen LogP contribution in [0.15, 0.2) is 40.9 Å². The van der Waals surface area contributed by atoms with Gasteiger partial charge in [0.2, 0.25) is 0 Å². The molecule has 0 spiro atoms. The van der Waals surface area contributed by atoms with Crippen LogP contribution in [0.3, 0.4) is 0 Å². The first kappa shape index (κ1) is 15.4. The Morgan fingerprint density at radius 2 is 1.70 bits per heavy atom. The van der Waals surface area contributed by atoms with Gasteiger partial charge < -0.3 is 10.1 Å². The maximum absolute atomic E-state index is 13.0. The topological polar surface area (TPSA) is 21.3 Å². The van der Waals surface area contributed by atoms with Crippen LogP contribution in [0.4, 0.5) is 10.1 Å². The molecular formula is C14H11BrCl2FNO. The van der Waals surface area contributed by atoms with Crippen molar-refractivity contribution in [1.29, 1.82) is 0 Å². The van der Waals surface area contributed by atoms with Gasteiger partial charge in [-0.1, -0.05) is 39.1 Å². The summed E-state index contributed by atoms with van der Waals surface area (Å²) in [7, 11) is 0. The van der Waals surface area contributed by atoms with E-state index < -0.39 is 5.82 Å². The number of anilines is 1. The number of hydrogen-bond acceptors (Lipinski definition) is 2. The molecule has 0 heterocycles. The Hall–Kier alpha value is -0.970. The first-order chi connectivity index (χ1) is 9.56. The van der Waals surface area contributed by atoms with E-state index in [0.717, 1.165) is 10.2 Å². The number of halogens is 4. The van der Waals surface area contributed by atoms with E-state index in [-0.39, 0.29) is 10.0 Å². The summed E-state index contributed by atoms with van der Waals surface area (Å²) in [5.74, 6) is 0.308. The highest BCUT2D eigenvalue weighted by molar-refractivity contribution is 9.10. The zero-order valence-electron chi connectivity index (χ0n) is 10.3. The zero-order valence-corrected chi connectivity index (χ0v) is 13.4. The number of nitrogens with one attached hydrogen (secondary N) is 1. The molecule has 2 rings (SSSR count). The van der Waals surface area contributed by atoms with Crippen molar-refractivity contribution >= 4 is 44.8 Å². The van der Waals surface area contributed by atoms with Crippen molar-refractivity contribution < 1.29 is 9.13 Å². The van der Waals surface area contributed by atoms with Crippen LogP contribution >= 0.6 is 39.1 Å². The second-order valence-electron chi connectivity index (χ2n) is 3.97. The van der Waals surface area contributed by atoms with Crippen LogP contribution in [-0.4, -0.2) is 13.2 Å². The SMILES string of the molecule is Fc1cc(Cl)c(NCCOc2ccc(Br)cc2)c(Cl)c1. The van der Waals surface area contributed by atoms with Gasteiger partial charge in [0.1, 0.15) is 18.2 Å². The fourth-order valence-electron chi connectivity index (χ4n) is 1.59. The van der Waals surface area contributed by atoms with E-state index in [9.17, 15) is 4.39 Å². The van der Waals surface area contributed by atoms with Crippen LogP contribution in [0.25, 0.3) is 0 Å². The molecule has 0 bridgehead atoms. The normalized spacial score (nSPS) is 10.4. The summed E-state index contributed by atoms with van der Waals surface area (Å²) >= 11 is 15.2. The van der Waals surface area contributed by atoms with Gasteiger partial charge in [-0.25, -0.2) is 4.39 Å². The van der Waals surface area contributed by atoms with Gasteiger partial charge in [-0.3, -0.25) is 0 Å². The average molecular weight is 379 g/mol. The Balaban J connectivity index is 1.86. The highest BCUT2D eigenvalue weighted by atomic mass is 79.9. The van der Waals surface area contributed by atoms with Crippen LogP contribution < -0.4 is 10.1 Å². The zero-order chi connectivity index (χ0) is 14.5. The summed E-state index contributed by atoms with van der Waals surface area (Å²) in [5.41, 5.74) is 0.508. The molecule has 0 unspecified atom stereocenters. The van der Waals surface area contributed by atoms with E-state index in [1.54, 1.807) is 0 Å². The second-order valence-corrected chi connectivity index (χ2v) is 5.70. The minimum Gasteiger partial charge on any atom is -0.492 e. The van der Waals surface area contributed by atoms with E-state index in [0.29, 0.717) is 18.8 Å². The third-order valence-electron chi connectivity index (χ3n) is 2.49. The third kappa shape index (κ3) is 4.27. The monoisotopic (exact) mass is 377 g/mol. The lowest BCUT2D eigenvalue weighted by atomic mass is 10.3. The van der Waals surface area contributed by atoms with E-state index in [2.05, 4.69) is 21.2 Å². The van der Waals surface area contributed by atoms with Crippen molar-refractivity contribution in [3.63, 3.8) is 0 Å². The first-order valence-corrected chi connectivity index (χ1v) is 7.38. The first-order valence-electron chi connectivity index (χ1n) is 5.83. The molecule has 6 heteroatoms. The molecule has 0 aromatic heterocycles. The second kappa shape index (κ2) is 7.16. The molecule has 0 aliphatic rings. The Bertz CT molecular complexity index is 569. The van der Waals surface area contributed by atoms with Gasteiger partial charge in [-0.05, 0) is 36.4 Å². The Labute approximate surface area is 135 Å². The van der Waals surface area contributed by atoms with Crippen LogP contribution in [0, 0.1) is 5.82 Å². The molecule has 2 aromatic rings. The van der Waals surface area contributed by atoms with Crippen molar-refractivity contribution in [3.05, 3.63) is 56.7 Å². The summed E-state index contributed by atoms with van der Waals surface area (Å²) in [6.07, 6.45) is 0. The number of rotatable bonds is 5. The summed E-state index contributed by atoms with van der Waals surface area (Å²) in [6, 6.07) is 9.95. The fraction of sp³-hybridized carbons (Fsp3) is 0.143. The van der Waals surface area contributed by atoms with E-state index in [1.807, 2.05) is 24.3 Å². The smallest absolute Gasteiger partial charge is 0.126 e. The molecule has 2 nitrogen and oxygen atoms in total. The molecule has 0 aliphatic heterocycles. The maximum Gasteiger partial charge on any atom is 0.126 e. The van der Waals surface area contributed by atoms with Gasteiger partial charge in [-0.2, -0.15) is 0 Å². The summed E-state index contributed by atoms with van der Waals surface area (Å²) in [4.78, 5) is 0. The standard InChI is InChI=1S/C14H11BrCl2FNO/c15-9-1-3-11(4-2-9)20-6-5-19-14-12(16)7-10(18)8-13(14)17/h1-4,7-8,19H,5-6H2. The van der Waals surface area contributed by atoms with Crippen molar-refractivity contribution in [2.75, 3.05) is 18.5 Å². The van der Waals surface area contributed by atoms with Crippen molar-refractivity contribution in [2.45, 2.75) is 0 Å². The van der Waals surface area contributed by atoms with Crippen LogP contribution in [-0.2, 0) is 0 Å². The van der Waals surface area contributed by atoms with E-state index >= 15 is 0 Å². The molecule has 0 saturated carbocycles. The average Bonchev–Trinajstić information content (AvgIpc) is 2.39. The molecule has 2 aromatic carbocycles. The van der Waals surface area contributed by atoms with Crippen molar-refractivity contribution in [1.82, 2.24) is 0 Å². The van der Waals surface area contributed by atoms with Gasteiger partial charge >= 0.3 is 0 Å². The Kier molecular flexibility index (Phi) is 5.52. The van der Waals surface area contributed by atoms with Gasteiger partial charge in [0.05, 0.1) is 15.7 Å². The summed E-state index contributed by atoms with van der Waals surface area (Å²) in [5, 5.41) is 3.52. The predicted molar refractivity (Wildman–Crippen MR) is 84.5 cm³/mol. The number of ether oxygens (including phenoxy) is 1. The van der Waals surface area contributed by atoms with Gasteiger partial charge in [0.25, 0.3) is 0 Å². The maximum atomic E-state index is 13.0. The highest BCUT2D eigenvalue weighted by Gasteiger charge is 2.07. The molecule has 1 N–H and O–H groups in total. The quantitative estimate of drug-likeness (QED) is 0.704. The Morgan fingerprint density at radius 3 is 2.30 bits per heavy atom.